The van der Waals surface area contributed by atoms with Gasteiger partial charge < -0.3 is 19.3 Å². The van der Waals surface area contributed by atoms with E-state index in [9.17, 15) is 0 Å². The lowest BCUT2D eigenvalue weighted by Crippen LogP contribution is -2.32. The lowest BCUT2D eigenvalue weighted by Gasteiger charge is -2.22. The SMILES string of the molecule is CC(Oc1ccc(CCO)cc1)C1COC(C)(C)O1. The van der Waals surface area contributed by atoms with Crippen molar-refractivity contribution in [1.82, 2.24) is 0 Å². The summed E-state index contributed by atoms with van der Waals surface area (Å²) in [5, 5.41) is 8.87. The summed E-state index contributed by atoms with van der Waals surface area (Å²) in [5.74, 6) is 0.287. The van der Waals surface area contributed by atoms with Gasteiger partial charge in [0, 0.05) is 6.61 Å². The molecule has 4 nitrogen and oxygen atoms in total. The number of hydrogen-bond acceptors (Lipinski definition) is 4. The molecule has 2 unspecified atom stereocenters. The highest BCUT2D eigenvalue weighted by molar-refractivity contribution is 5.27. The number of benzene rings is 1. The number of aliphatic hydroxyl groups excluding tert-OH is 1. The number of aliphatic hydroxyl groups is 1. The zero-order valence-electron chi connectivity index (χ0n) is 11.8. The van der Waals surface area contributed by atoms with E-state index in [4.69, 9.17) is 19.3 Å². The van der Waals surface area contributed by atoms with E-state index in [1.807, 2.05) is 45.0 Å². The van der Waals surface area contributed by atoms with E-state index in [1.54, 1.807) is 0 Å². The van der Waals surface area contributed by atoms with Crippen molar-refractivity contribution in [3.8, 4) is 5.75 Å². The molecule has 0 spiro atoms. The first-order chi connectivity index (χ1) is 9.00. The summed E-state index contributed by atoms with van der Waals surface area (Å²) in [6, 6.07) is 7.77. The van der Waals surface area contributed by atoms with E-state index >= 15 is 0 Å². The van der Waals surface area contributed by atoms with Gasteiger partial charge in [0.25, 0.3) is 0 Å². The molecule has 1 saturated heterocycles. The molecule has 1 aromatic rings. The largest absolute Gasteiger partial charge is 0.488 e. The molecule has 106 valence electrons. The predicted octanol–water partition coefficient (Wildman–Crippen LogP) is 2.14. The quantitative estimate of drug-likeness (QED) is 0.887. The highest BCUT2D eigenvalue weighted by atomic mass is 16.7. The van der Waals surface area contributed by atoms with Crippen LogP contribution in [0.4, 0.5) is 0 Å². The molecule has 0 amide bonds. The van der Waals surface area contributed by atoms with Crippen molar-refractivity contribution in [3.63, 3.8) is 0 Å². The van der Waals surface area contributed by atoms with Gasteiger partial charge in [0.2, 0.25) is 0 Å². The summed E-state index contributed by atoms with van der Waals surface area (Å²) in [6.45, 7) is 6.51. The fourth-order valence-electron chi connectivity index (χ4n) is 2.10. The molecule has 1 aromatic carbocycles. The third-order valence-electron chi connectivity index (χ3n) is 3.20. The fraction of sp³-hybridized carbons (Fsp3) is 0.600. The third kappa shape index (κ3) is 3.93. The Bertz CT molecular complexity index is 399. The van der Waals surface area contributed by atoms with Crippen molar-refractivity contribution >= 4 is 0 Å². The summed E-state index contributed by atoms with van der Waals surface area (Å²) >= 11 is 0. The van der Waals surface area contributed by atoms with E-state index in [0.29, 0.717) is 13.0 Å². The van der Waals surface area contributed by atoms with Crippen LogP contribution in [0, 0.1) is 0 Å². The van der Waals surface area contributed by atoms with Crippen LogP contribution in [-0.4, -0.2) is 36.3 Å². The number of rotatable bonds is 5. The van der Waals surface area contributed by atoms with E-state index in [1.165, 1.54) is 0 Å². The average molecular weight is 266 g/mol. The predicted molar refractivity (Wildman–Crippen MR) is 72.2 cm³/mol. The Morgan fingerprint density at radius 1 is 1.37 bits per heavy atom. The fourth-order valence-corrected chi connectivity index (χ4v) is 2.10. The van der Waals surface area contributed by atoms with Gasteiger partial charge in [0.15, 0.2) is 5.79 Å². The summed E-state index contributed by atoms with van der Waals surface area (Å²) in [5.41, 5.74) is 1.10. The van der Waals surface area contributed by atoms with Crippen LogP contribution >= 0.6 is 0 Å². The van der Waals surface area contributed by atoms with Crippen LogP contribution in [0.15, 0.2) is 24.3 Å². The smallest absolute Gasteiger partial charge is 0.163 e. The monoisotopic (exact) mass is 266 g/mol. The van der Waals surface area contributed by atoms with Crippen LogP contribution in [-0.2, 0) is 15.9 Å². The maximum atomic E-state index is 8.87. The molecule has 0 radical (unpaired) electrons. The normalized spacial score (nSPS) is 23.3. The van der Waals surface area contributed by atoms with Crippen molar-refractivity contribution in [2.45, 2.75) is 45.2 Å². The van der Waals surface area contributed by atoms with Gasteiger partial charge in [-0.15, -0.1) is 0 Å². The topological polar surface area (TPSA) is 47.9 Å². The third-order valence-corrected chi connectivity index (χ3v) is 3.20. The molecule has 1 aliphatic rings. The van der Waals surface area contributed by atoms with Crippen LogP contribution in [0.2, 0.25) is 0 Å². The zero-order valence-corrected chi connectivity index (χ0v) is 11.8. The lowest BCUT2D eigenvalue weighted by molar-refractivity contribution is -0.147. The second-order valence-corrected chi connectivity index (χ2v) is 5.31. The Kier molecular flexibility index (Phi) is 4.45. The Morgan fingerprint density at radius 3 is 2.58 bits per heavy atom. The molecule has 1 fully saturated rings. The first-order valence-electron chi connectivity index (χ1n) is 6.68. The van der Waals surface area contributed by atoms with Crippen molar-refractivity contribution < 1.29 is 19.3 Å². The molecular formula is C15H22O4. The van der Waals surface area contributed by atoms with Gasteiger partial charge in [0.05, 0.1) is 6.61 Å². The van der Waals surface area contributed by atoms with Gasteiger partial charge in [0.1, 0.15) is 18.0 Å². The van der Waals surface area contributed by atoms with Gasteiger partial charge >= 0.3 is 0 Å². The Hall–Kier alpha value is -1.10. The molecule has 0 saturated carbocycles. The van der Waals surface area contributed by atoms with Crippen molar-refractivity contribution in [2.24, 2.45) is 0 Å². The summed E-state index contributed by atoms with van der Waals surface area (Å²) in [4.78, 5) is 0. The second kappa shape index (κ2) is 5.90. The highest BCUT2D eigenvalue weighted by Crippen LogP contribution is 2.26. The number of ether oxygens (including phenoxy) is 3. The summed E-state index contributed by atoms with van der Waals surface area (Å²) < 4.78 is 17.2. The standard InChI is InChI=1S/C15H22O4/c1-11(14-10-17-15(2,3)19-14)18-13-6-4-12(5-7-13)8-9-16/h4-7,11,14,16H,8-10H2,1-3H3. The van der Waals surface area contributed by atoms with Crippen LogP contribution in [0.3, 0.4) is 0 Å². The van der Waals surface area contributed by atoms with E-state index in [2.05, 4.69) is 0 Å². The maximum Gasteiger partial charge on any atom is 0.163 e. The lowest BCUT2D eigenvalue weighted by atomic mass is 10.1. The zero-order chi connectivity index (χ0) is 13.9. The molecule has 1 N–H and O–H groups in total. The molecule has 19 heavy (non-hydrogen) atoms. The molecule has 0 bridgehead atoms. The first kappa shape index (κ1) is 14.3. The molecule has 2 atom stereocenters. The van der Waals surface area contributed by atoms with E-state index in [-0.39, 0.29) is 18.8 Å². The minimum absolute atomic E-state index is 0.0490. The van der Waals surface area contributed by atoms with Crippen molar-refractivity contribution in [2.75, 3.05) is 13.2 Å². The van der Waals surface area contributed by atoms with Crippen molar-refractivity contribution in [3.05, 3.63) is 29.8 Å². The van der Waals surface area contributed by atoms with Gasteiger partial charge in [-0.05, 0) is 44.9 Å². The highest BCUT2D eigenvalue weighted by Gasteiger charge is 2.36. The molecule has 2 rings (SSSR count). The summed E-state index contributed by atoms with van der Waals surface area (Å²) in [7, 11) is 0. The minimum atomic E-state index is -0.521. The van der Waals surface area contributed by atoms with Crippen LogP contribution in [0.1, 0.15) is 26.3 Å². The Balaban J connectivity index is 1.90. The first-order valence-corrected chi connectivity index (χ1v) is 6.68. The minimum Gasteiger partial charge on any atom is -0.488 e. The Morgan fingerprint density at radius 2 is 2.05 bits per heavy atom. The molecule has 1 heterocycles. The average Bonchev–Trinajstić information content (AvgIpc) is 2.73. The molecular weight excluding hydrogens is 244 g/mol. The molecule has 0 aliphatic carbocycles. The molecule has 4 heteroatoms. The second-order valence-electron chi connectivity index (χ2n) is 5.31. The molecule has 1 aliphatic heterocycles. The van der Waals surface area contributed by atoms with E-state index < -0.39 is 5.79 Å². The van der Waals surface area contributed by atoms with Crippen LogP contribution in [0.25, 0.3) is 0 Å². The van der Waals surface area contributed by atoms with Gasteiger partial charge in [-0.3, -0.25) is 0 Å². The van der Waals surface area contributed by atoms with Crippen molar-refractivity contribution in [1.29, 1.82) is 0 Å². The summed E-state index contributed by atoms with van der Waals surface area (Å²) in [6.07, 6.45) is 0.557. The van der Waals surface area contributed by atoms with Gasteiger partial charge in [-0.2, -0.15) is 0 Å². The Labute approximate surface area is 114 Å². The van der Waals surface area contributed by atoms with Crippen LogP contribution in [0.5, 0.6) is 5.75 Å². The molecule has 0 aromatic heterocycles. The van der Waals surface area contributed by atoms with E-state index in [0.717, 1.165) is 11.3 Å². The van der Waals surface area contributed by atoms with Gasteiger partial charge in [-0.25, -0.2) is 0 Å². The van der Waals surface area contributed by atoms with Gasteiger partial charge in [-0.1, -0.05) is 12.1 Å². The maximum absolute atomic E-state index is 8.87. The van der Waals surface area contributed by atoms with Crippen LogP contribution < -0.4 is 4.74 Å². The number of hydrogen-bond donors (Lipinski definition) is 1.